The second kappa shape index (κ2) is 6.40. The molecule has 1 N–H and O–H groups in total. The van der Waals surface area contributed by atoms with Gasteiger partial charge in [0.15, 0.2) is 0 Å². The summed E-state index contributed by atoms with van der Waals surface area (Å²) in [5.74, 6) is 0. The van der Waals surface area contributed by atoms with Crippen molar-refractivity contribution in [3.05, 3.63) is 35.4 Å². The number of benzene rings is 1. The molecule has 1 amide bonds. The van der Waals surface area contributed by atoms with Crippen LogP contribution >= 0.6 is 0 Å². The lowest BCUT2D eigenvalue weighted by atomic mass is 10.0. The Morgan fingerprint density at radius 3 is 2.47 bits per heavy atom. The predicted molar refractivity (Wildman–Crippen MR) is 68.8 cm³/mol. The molecule has 0 aliphatic carbocycles. The molecule has 0 aliphatic heterocycles. The van der Waals surface area contributed by atoms with Crippen molar-refractivity contribution in [2.75, 3.05) is 6.61 Å². The number of ether oxygens (including phenoxy) is 1. The SMILES string of the molecule is CC(C)(C)OCCc1ccccc1CNC=O. The van der Waals surface area contributed by atoms with Crippen molar-refractivity contribution < 1.29 is 9.53 Å². The average Bonchev–Trinajstić information content (AvgIpc) is 2.26. The molecule has 0 bridgehead atoms. The molecule has 0 fully saturated rings. The average molecular weight is 235 g/mol. The van der Waals surface area contributed by atoms with E-state index in [0.717, 1.165) is 18.4 Å². The molecule has 0 spiro atoms. The molecule has 1 rings (SSSR count). The van der Waals surface area contributed by atoms with Gasteiger partial charge in [0.1, 0.15) is 0 Å². The first-order chi connectivity index (χ1) is 8.03. The van der Waals surface area contributed by atoms with E-state index in [2.05, 4.69) is 11.4 Å². The van der Waals surface area contributed by atoms with Crippen LogP contribution in [0.1, 0.15) is 31.9 Å². The van der Waals surface area contributed by atoms with Gasteiger partial charge in [-0.15, -0.1) is 0 Å². The zero-order valence-electron chi connectivity index (χ0n) is 10.8. The summed E-state index contributed by atoms with van der Waals surface area (Å²) in [5.41, 5.74) is 2.28. The summed E-state index contributed by atoms with van der Waals surface area (Å²) in [4.78, 5) is 10.3. The van der Waals surface area contributed by atoms with Gasteiger partial charge in [-0.2, -0.15) is 0 Å². The first kappa shape index (κ1) is 13.7. The molecule has 1 aromatic rings. The Hall–Kier alpha value is -1.35. The van der Waals surface area contributed by atoms with Crippen LogP contribution in [0.2, 0.25) is 0 Å². The lowest BCUT2D eigenvalue weighted by Gasteiger charge is -2.20. The minimum Gasteiger partial charge on any atom is -0.376 e. The number of carbonyl (C=O) groups is 1. The Morgan fingerprint density at radius 1 is 1.24 bits per heavy atom. The maximum atomic E-state index is 10.3. The first-order valence-electron chi connectivity index (χ1n) is 5.91. The molecule has 0 saturated carbocycles. The summed E-state index contributed by atoms with van der Waals surface area (Å²) >= 11 is 0. The van der Waals surface area contributed by atoms with Gasteiger partial charge >= 0.3 is 0 Å². The largest absolute Gasteiger partial charge is 0.376 e. The smallest absolute Gasteiger partial charge is 0.207 e. The van der Waals surface area contributed by atoms with Crippen LogP contribution < -0.4 is 5.32 Å². The van der Waals surface area contributed by atoms with Gasteiger partial charge in [0.2, 0.25) is 6.41 Å². The molecule has 94 valence electrons. The van der Waals surface area contributed by atoms with Crippen molar-refractivity contribution in [1.29, 1.82) is 0 Å². The van der Waals surface area contributed by atoms with Gasteiger partial charge in [0.25, 0.3) is 0 Å². The first-order valence-corrected chi connectivity index (χ1v) is 5.91. The van der Waals surface area contributed by atoms with Crippen LogP contribution in [-0.4, -0.2) is 18.6 Å². The Balaban J connectivity index is 2.54. The summed E-state index contributed by atoms with van der Waals surface area (Å²) in [6.07, 6.45) is 1.59. The number of hydrogen-bond donors (Lipinski definition) is 1. The van der Waals surface area contributed by atoms with Crippen molar-refractivity contribution in [1.82, 2.24) is 5.32 Å². The van der Waals surface area contributed by atoms with E-state index >= 15 is 0 Å². The summed E-state index contributed by atoms with van der Waals surface area (Å²) < 4.78 is 5.70. The number of carbonyl (C=O) groups excluding carboxylic acids is 1. The fourth-order valence-electron chi connectivity index (χ4n) is 1.59. The summed E-state index contributed by atoms with van der Waals surface area (Å²) in [7, 11) is 0. The standard InChI is InChI=1S/C14H21NO2/c1-14(2,3)17-9-8-12-6-4-5-7-13(12)10-15-11-16/h4-7,11H,8-10H2,1-3H3,(H,15,16). The summed E-state index contributed by atoms with van der Waals surface area (Å²) in [5, 5.41) is 2.69. The fraction of sp³-hybridized carbons (Fsp3) is 0.500. The Morgan fingerprint density at radius 2 is 1.88 bits per heavy atom. The molecule has 3 heteroatoms. The molecule has 3 nitrogen and oxygen atoms in total. The molecule has 1 aromatic carbocycles. The molecular weight excluding hydrogens is 214 g/mol. The normalized spacial score (nSPS) is 11.2. The monoisotopic (exact) mass is 235 g/mol. The summed E-state index contributed by atoms with van der Waals surface area (Å²) in [6, 6.07) is 8.10. The van der Waals surface area contributed by atoms with Crippen LogP contribution in [0, 0.1) is 0 Å². The van der Waals surface area contributed by atoms with Crippen molar-refractivity contribution in [2.24, 2.45) is 0 Å². The van der Waals surface area contributed by atoms with Gasteiger partial charge in [0.05, 0.1) is 12.2 Å². The van der Waals surface area contributed by atoms with Crippen LogP contribution in [0.3, 0.4) is 0 Å². The van der Waals surface area contributed by atoms with Gasteiger partial charge < -0.3 is 10.1 Å². The highest BCUT2D eigenvalue weighted by Crippen LogP contribution is 2.12. The second-order valence-corrected chi connectivity index (χ2v) is 4.98. The van der Waals surface area contributed by atoms with Crippen LogP contribution in [0.15, 0.2) is 24.3 Å². The molecule has 0 radical (unpaired) electrons. The third-order valence-electron chi connectivity index (χ3n) is 2.40. The molecule has 0 heterocycles. The molecule has 0 saturated heterocycles. The fourth-order valence-corrected chi connectivity index (χ4v) is 1.59. The number of nitrogens with one attached hydrogen (secondary N) is 1. The van der Waals surface area contributed by atoms with Crippen LogP contribution in [0.5, 0.6) is 0 Å². The quantitative estimate of drug-likeness (QED) is 0.768. The van der Waals surface area contributed by atoms with E-state index in [1.807, 2.05) is 39.0 Å². The molecule has 17 heavy (non-hydrogen) atoms. The Bertz CT molecular complexity index is 355. The van der Waals surface area contributed by atoms with Gasteiger partial charge in [-0.25, -0.2) is 0 Å². The van der Waals surface area contributed by atoms with Gasteiger partial charge in [-0.1, -0.05) is 24.3 Å². The Labute approximate surface area is 103 Å². The van der Waals surface area contributed by atoms with E-state index in [1.54, 1.807) is 0 Å². The van der Waals surface area contributed by atoms with E-state index in [9.17, 15) is 4.79 Å². The van der Waals surface area contributed by atoms with E-state index in [-0.39, 0.29) is 5.60 Å². The minimum absolute atomic E-state index is 0.101. The Kier molecular flexibility index (Phi) is 5.16. The van der Waals surface area contributed by atoms with Crippen LogP contribution in [0.25, 0.3) is 0 Å². The maximum absolute atomic E-state index is 10.3. The zero-order chi connectivity index (χ0) is 12.7. The second-order valence-electron chi connectivity index (χ2n) is 4.98. The number of rotatable bonds is 6. The van der Waals surface area contributed by atoms with E-state index in [4.69, 9.17) is 4.74 Å². The van der Waals surface area contributed by atoms with E-state index < -0.39 is 0 Å². The minimum atomic E-state index is -0.101. The highest BCUT2D eigenvalue weighted by molar-refractivity contribution is 5.46. The van der Waals surface area contributed by atoms with Gasteiger partial charge in [-0.3, -0.25) is 4.79 Å². The van der Waals surface area contributed by atoms with Crippen LogP contribution in [-0.2, 0) is 22.5 Å². The van der Waals surface area contributed by atoms with Crippen molar-refractivity contribution in [2.45, 2.75) is 39.3 Å². The zero-order valence-corrected chi connectivity index (χ0v) is 10.8. The molecule has 0 unspecified atom stereocenters. The topological polar surface area (TPSA) is 38.3 Å². The van der Waals surface area contributed by atoms with E-state index in [0.29, 0.717) is 13.2 Å². The molecule has 0 aliphatic rings. The lowest BCUT2D eigenvalue weighted by molar-refractivity contribution is -0.109. The maximum Gasteiger partial charge on any atom is 0.207 e. The highest BCUT2D eigenvalue weighted by Gasteiger charge is 2.10. The van der Waals surface area contributed by atoms with Crippen LogP contribution in [0.4, 0.5) is 0 Å². The number of amides is 1. The van der Waals surface area contributed by atoms with Crippen molar-refractivity contribution >= 4 is 6.41 Å². The van der Waals surface area contributed by atoms with E-state index in [1.165, 1.54) is 5.56 Å². The molecule has 0 aromatic heterocycles. The van der Waals surface area contributed by atoms with Crippen molar-refractivity contribution in [3.63, 3.8) is 0 Å². The van der Waals surface area contributed by atoms with Gasteiger partial charge in [-0.05, 0) is 38.3 Å². The molecular formula is C14H21NO2. The molecule has 0 atom stereocenters. The predicted octanol–water partition coefficient (Wildman–Crippen LogP) is 2.29. The lowest BCUT2D eigenvalue weighted by Crippen LogP contribution is -2.21. The number of hydrogen-bond acceptors (Lipinski definition) is 2. The van der Waals surface area contributed by atoms with Gasteiger partial charge in [0, 0.05) is 6.54 Å². The highest BCUT2D eigenvalue weighted by atomic mass is 16.5. The van der Waals surface area contributed by atoms with Crippen molar-refractivity contribution in [3.8, 4) is 0 Å². The third kappa shape index (κ3) is 5.50. The third-order valence-corrected chi connectivity index (χ3v) is 2.40. The summed E-state index contributed by atoms with van der Waals surface area (Å²) in [6.45, 7) is 7.42.